The number of ketones is 2. The summed E-state index contributed by atoms with van der Waals surface area (Å²) in [6, 6.07) is 0.282. The zero-order valence-electron chi connectivity index (χ0n) is 22.2. The van der Waals surface area contributed by atoms with Gasteiger partial charge in [-0.15, -0.1) is 0 Å². The number of phenols is 3. The van der Waals surface area contributed by atoms with Crippen molar-refractivity contribution in [2.24, 2.45) is 0 Å². The van der Waals surface area contributed by atoms with Crippen LogP contribution in [-0.2, 0) is 39.0 Å². The number of nitrogens with one attached hydrogen (secondary N) is 2. The van der Waals surface area contributed by atoms with Crippen molar-refractivity contribution in [3.8, 4) is 17.2 Å². The Balaban J connectivity index is 0. The van der Waals surface area contributed by atoms with Crippen LogP contribution in [0, 0.1) is 0 Å². The smallest absolute Gasteiger partial charge is 0.747 e. The Morgan fingerprint density at radius 1 is 0.767 bits per heavy atom. The molecule has 0 aromatic heterocycles. The number of hydrogen-bond donors (Lipinski definition) is 5. The van der Waals surface area contributed by atoms with E-state index in [2.05, 4.69) is 24.1 Å². The summed E-state index contributed by atoms with van der Waals surface area (Å²) < 4.78 is 76.5. The number of benzene rings is 2. The minimum atomic E-state index is -5.60. The van der Waals surface area contributed by atoms with Crippen LogP contribution in [-0.4, -0.2) is 64.6 Å². The first-order valence-electron chi connectivity index (χ1n) is 9.35. The van der Waals surface area contributed by atoms with E-state index in [0.717, 1.165) is 0 Å². The molecule has 0 unspecified atom stereocenters. The molecule has 3 rings (SSSR count). The predicted molar refractivity (Wildman–Crippen MR) is 117 cm³/mol. The minimum absolute atomic E-state index is 0. The number of phenolic OH excluding ortho intramolecular Hbond substituents is 3. The number of hydrogen-bond acceptors (Lipinski definition) is 21. The summed E-state index contributed by atoms with van der Waals surface area (Å²) in [5.74, 6) is -8.87. The molecule has 0 bridgehead atoms. The van der Waals surface area contributed by atoms with Crippen LogP contribution < -0.4 is 139 Å². The van der Waals surface area contributed by atoms with Gasteiger partial charge in [-0.2, -0.15) is 8.67 Å². The van der Waals surface area contributed by atoms with Crippen LogP contribution in [0.1, 0.15) is 31.8 Å². The SMILES string of the molecule is O=C1c2c(O)c(S(=O)(=O)[O-])cc(NCS(=O)(=O)[O-])c2C(=O)c2c(O)c(SOO[O-])c(NCSOO[O-])c(O)c21.[Na+].[Na+].[Na+].[Na+]. The topological polar surface area (TPSA) is 316 Å². The van der Waals surface area contributed by atoms with Crippen LogP contribution >= 0.6 is 24.1 Å². The average Bonchev–Trinajstić information content (AvgIpc) is 2.83. The molecule has 0 amide bonds. The summed E-state index contributed by atoms with van der Waals surface area (Å²) in [4.78, 5) is 24.7. The van der Waals surface area contributed by atoms with Gasteiger partial charge in [-0.3, -0.25) is 19.7 Å². The van der Waals surface area contributed by atoms with Gasteiger partial charge in [0.15, 0.2) is 5.75 Å². The third-order valence-corrected chi connectivity index (χ3v) is 7.26. The number of rotatable bonds is 12. The first-order valence-corrected chi connectivity index (χ1v) is 14.0. The molecule has 43 heavy (non-hydrogen) atoms. The van der Waals surface area contributed by atoms with Gasteiger partial charge in [0.1, 0.15) is 42.5 Å². The summed E-state index contributed by atoms with van der Waals surface area (Å²) in [7, 11) is -10.7. The standard InChI is InChI=1S/C16H14N2O17S4.4Na/c19-11-5(39(29,30)31)1-4(18-3-38(26,27)28)6-7(11)13(21)8-9(12(6)20)15(23)16(37-35-33-25)10(14(8)22)17-2-36-34-32-24;;;;/h1,17-19,22-25H,2-3H2,(H,26,27,28)(H,29,30,31);;;;/q;4*+1/p-4. The van der Waals surface area contributed by atoms with Crippen LogP contribution in [0.4, 0.5) is 11.4 Å². The van der Waals surface area contributed by atoms with E-state index in [9.17, 15) is 61.4 Å². The molecule has 0 saturated carbocycles. The van der Waals surface area contributed by atoms with Gasteiger partial charge in [-0.25, -0.2) is 16.8 Å². The third kappa shape index (κ3) is 10.5. The monoisotopic (exact) mass is 722 g/mol. The third-order valence-electron chi connectivity index (χ3n) is 4.81. The van der Waals surface area contributed by atoms with Crippen molar-refractivity contribution in [2.45, 2.75) is 9.79 Å². The molecule has 27 heteroatoms. The molecule has 0 saturated heterocycles. The number of aromatic hydroxyl groups is 3. The molecular formula is C16H10N2Na4O17S4. The largest absolute Gasteiger partial charge is 1.00 e. The number of carbonyl (C=O) groups is 2. The van der Waals surface area contributed by atoms with E-state index in [1.807, 2.05) is 5.32 Å². The Bertz CT molecular complexity index is 1580. The van der Waals surface area contributed by atoms with Gasteiger partial charge in [-0.1, -0.05) is 0 Å². The van der Waals surface area contributed by atoms with E-state index in [0.29, 0.717) is 0 Å². The van der Waals surface area contributed by atoms with Crippen LogP contribution in [0.15, 0.2) is 15.9 Å². The van der Waals surface area contributed by atoms with Crippen molar-refractivity contribution in [1.29, 1.82) is 0 Å². The molecule has 1 aliphatic rings. The fraction of sp³-hybridized carbons (Fsp3) is 0.125. The van der Waals surface area contributed by atoms with E-state index in [1.54, 1.807) is 0 Å². The second kappa shape index (κ2) is 19.2. The van der Waals surface area contributed by atoms with E-state index in [-0.39, 0.29) is 148 Å². The second-order valence-electron chi connectivity index (χ2n) is 6.96. The Morgan fingerprint density at radius 2 is 1.28 bits per heavy atom. The number of anilines is 2. The normalized spacial score (nSPS) is 12.0. The summed E-state index contributed by atoms with van der Waals surface area (Å²) in [5.41, 5.74) is -5.85. The molecule has 0 fully saturated rings. The number of fused-ring (bicyclic) bond motifs is 2. The molecule has 1 aliphatic carbocycles. The van der Waals surface area contributed by atoms with Gasteiger partial charge < -0.3 is 45.6 Å². The van der Waals surface area contributed by atoms with Gasteiger partial charge >= 0.3 is 118 Å². The first kappa shape index (κ1) is 46.2. The predicted octanol–water partition coefficient (Wildman–Crippen LogP) is -14.1. The summed E-state index contributed by atoms with van der Waals surface area (Å²) >= 11 is 0.197. The van der Waals surface area contributed by atoms with Crippen molar-refractivity contribution in [1.82, 2.24) is 0 Å². The molecule has 19 nitrogen and oxygen atoms in total. The second-order valence-corrected chi connectivity index (χ2v) is 11.1. The van der Waals surface area contributed by atoms with Crippen LogP contribution in [0.2, 0.25) is 0 Å². The molecule has 2 aromatic rings. The molecule has 0 heterocycles. The summed E-state index contributed by atoms with van der Waals surface area (Å²) in [5, 5.41) is 62.9. The Morgan fingerprint density at radius 3 is 1.79 bits per heavy atom. The fourth-order valence-electron chi connectivity index (χ4n) is 3.43. The molecule has 2 aromatic carbocycles. The van der Waals surface area contributed by atoms with Gasteiger partial charge in [0, 0.05) is 5.69 Å². The number of carbonyl (C=O) groups excluding carboxylic acids is 2. The van der Waals surface area contributed by atoms with E-state index in [1.165, 1.54) is 0 Å². The molecule has 0 atom stereocenters. The first-order chi connectivity index (χ1) is 18.2. The zero-order chi connectivity index (χ0) is 29.3. The van der Waals surface area contributed by atoms with Gasteiger partial charge in [-0.05, 0) is 6.07 Å². The van der Waals surface area contributed by atoms with Crippen molar-refractivity contribution in [3.05, 3.63) is 28.3 Å². The molecular weight excluding hydrogens is 712 g/mol. The maximum atomic E-state index is 13.5. The van der Waals surface area contributed by atoms with Crippen molar-refractivity contribution >= 4 is 67.3 Å². The summed E-state index contributed by atoms with van der Waals surface area (Å²) in [6.07, 6.45) is 0. The molecule has 5 N–H and O–H groups in total. The quantitative estimate of drug-likeness (QED) is 0.0133. The van der Waals surface area contributed by atoms with Crippen LogP contribution in [0.5, 0.6) is 17.2 Å². The van der Waals surface area contributed by atoms with Crippen molar-refractivity contribution < 1.29 is 198 Å². The average molecular weight is 722 g/mol. The molecule has 214 valence electrons. The van der Waals surface area contributed by atoms with E-state index < -0.39 is 104 Å². The van der Waals surface area contributed by atoms with Gasteiger partial charge in [0.05, 0.1) is 62.8 Å². The zero-order valence-corrected chi connectivity index (χ0v) is 33.4. The Labute approximate surface area is 338 Å². The fourth-order valence-corrected chi connectivity index (χ4v) is 5.19. The molecule has 0 spiro atoms. The van der Waals surface area contributed by atoms with Crippen molar-refractivity contribution in [2.75, 3.05) is 22.4 Å². The minimum Gasteiger partial charge on any atom is -0.747 e. The maximum absolute atomic E-state index is 13.5. The van der Waals surface area contributed by atoms with E-state index in [4.69, 9.17) is 0 Å². The van der Waals surface area contributed by atoms with Crippen LogP contribution in [0.25, 0.3) is 0 Å². The van der Waals surface area contributed by atoms with Crippen LogP contribution in [0.3, 0.4) is 0 Å². The van der Waals surface area contributed by atoms with Crippen molar-refractivity contribution in [3.63, 3.8) is 0 Å². The van der Waals surface area contributed by atoms with Gasteiger partial charge in [0.2, 0.25) is 11.6 Å². The van der Waals surface area contributed by atoms with Gasteiger partial charge in [0.25, 0.3) is 0 Å². The maximum Gasteiger partial charge on any atom is 1.00 e. The molecule has 0 aliphatic heterocycles. The summed E-state index contributed by atoms with van der Waals surface area (Å²) in [6.45, 7) is 0. The van der Waals surface area contributed by atoms with E-state index >= 15 is 0 Å². The molecule has 0 radical (unpaired) electrons. The Kier molecular flexibility index (Phi) is 20.6. The Hall–Kier alpha value is 1.06.